The summed E-state index contributed by atoms with van der Waals surface area (Å²) in [5.74, 6) is -1.32. The van der Waals surface area contributed by atoms with E-state index in [0.29, 0.717) is 15.6 Å². The summed E-state index contributed by atoms with van der Waals surface area (Å²) in [5.41, 5.74) is -0.167. The number of hydrogen-bond acceptors (Lipinski definition) is 9. The van der Waals surface area contributed by atoms with Gasteiger partial charge in [0.05, 0.1) is 34.2 Å². The highest BCUT2D eigenvalue weighted by atomic mass is 35.5. The zero-order valence-electron chi connectivity index (χ0n) is 18.1. The Bertz CT molecular complexity index is 1650. The molecule has 0 amide bonds. The number of aromatic nitrogens is 4. The van der Waals surface area contributed by atoms with Gasteiger partial charge >= 0.3 is 0 Å². The normalized spacial score (nSPS) is 10.9. The van der Waals surface area contributed by atoms with E-state index in [9.17, 15) is 14.9 Å². The van der Waals surface area contributed by atoms with Crippen LogP contribution in [0.2, 0.25) is 4.34 Å². The monoisotopic (exact) mass is 540 g/mol. The highest BCUT2D eigenvalue weighted by molar-refractivity contribution is 7.16. The third-order valence-corrected chi connectivity index (χ3v) is 7.11. The van der Waals surface area contributed by atoms with Crippen LogP contribution < -0.4 is 10.9 Å². The molecule has 0 saturated carbocycles. The Labute approximate surface area is 215 Å². The summed E-state index contributed by atoms with van der Waals surface area (Å²) >= 11 is 8.69. The lowest BCUT2D eigenvalue weighted by molar-refractivity contribution is 0.0948. The Morgan fingerprint density at radius 2 is 2.14 bits per heavy atom. The maximum absolute atomic E-state index is 15.6. The van der Waals surface area contributed by atoms with Crippen molar-refractivity contribution in [2.45, 2.75) is 13.1 Å². The second kappa shape index (κ2) is 9.90. The summed E-state index contributed by atoms with van der Waals surface area (Å²) in [4.78, 5) is 30.4. The van der Waals surface area contributed by atoms with Crippen molar-refractivity contribution < 1.29 is 13.6 Å². The fourth-order valence-corrected chi connectivity index (χ4v) is 5.16. The standard InChI is InChI=1S/C23H14ClFN6O3S2/c24-18-3-1-15(36-18)8-27-22-17(7-26)20(29-31(22)23(33)13-5-6-35-11-13)16-2-4-19(32)30(21(16)25)9-14-10-34-12-28-14/h1-6,10-12,27H,8-9H2. The van der Waals surface area contributed by atoms with Crippen molar-refractivity contribution in [1.29, 1.82) is 5.26 Å². The lowest BCUT2D eigenvalue weighted by Crippen LogP contribution is -2.23. The van der Waals surface area contributed by atoms with Gasteiger partial charge in [0.25, 0.3) is 11.5 Å². The molecule has 0 fully saturated rings. The third-order valence-electron chi connectivity index (χ3n) is 5.19. The summed E-state index contributed by atoms with van der Waals surface area (Å²) < 4.78 is 23.0. The lowest BCUT2D eigenvalue weighted by atomic mass is 10.1. The summed E-state index contributed by atoms with van der Waals surface area (Å²) in [6.45, 7) is 0.0674. The third kappa shape index (κ3) is 4.47. The van der Waals surface area contributed by atoms with Crippen LogP contribution in [0.3, 0.4) is 0 Å². The molecule has 5 aromatic rings. The molecule has 0 atom stereocenters. The molecule has 5 rings (SSSR count). The molecule has 180 valence electrons. The number of rotatable bonds is 7. The first-order valence-electron chi connectivity index (χ1n) is 10.3. The van der Waals surface area contributed by atoms with E-state index < -0.39 is 17.4 Å². The SMILES string of the molecule is N#Cc1c(-c2ccc(=O)n(Cc3cocn3)c2F)nn(C(=O)c2ccsc2)c1NCc1ccc(Cl)s1. The first kappa shape index (κ1) is 23.7. The Kier molecular flexibility index (Phi) is 6.51. The number of halogens is 2. The van der Waals surface area contributed by atoms with Gasteiger partial charge in [-0.2, -0.15) is 30.8 Å². The van der Waals surface area contributed by atoms with E-state index >= 15 is 4.39 Å². The van der Waals surface area contributed by atoms with E-state index in [1.807, 2.05) is 12.1 Å². The molecular formula is C23H14ClFN6O3S2. The van der Waals surface area contributed by atoms with Crippen LogP contribution in [-0.4, -0.2) is 25.2 Å². The number of anilines is 1. The predicted molar refractivity (Wildman–Crippen MR) is 133 cm³/mol. The van der Waals surface area contributed by atoms with Gasteiger partial charge in [-0.05, 0) is 29.6 Å². The Morgan fingerprint density at radius 3 is 2.81 bits per heavy atom. The van der Waals surface area contributed by atoms with Crippen LogP contribution in [0.1, 0.15) is 26.5 Å². The average molecular weight is 541 g/mol. The fraction of sp³-hybridized carbons (Fsp3) is 0.0870. The molecule has 1 N–H and O–H groups in total. The molecule has 0 aliphatic rings. The molecular weight excluding hydrogens is 527 g/mol. The Hall–Kier alpha value is -4.05. The largest absolute Gasteiger partial charge is 0.451 e. The zero-order chi connectivity index (χ0) is 25.2. The quantitative estimate of drug-likeness (QED) is 0.293. The van der Waals surface area contributed by atoms with Crippen molar-refractivity contribution in [3.8, 4) is 17.3 Å². The molecule has 0 aliphatic carbocycles. The molecule has 0 unspecified atom stereocenters. The van der Waals surface area contributed by atoms with E-state index in [0.717, 1.165) is 14.1 Å². The number of nitriles is 1. The molecule has 13 heteroatoms. The van der Waals surface area contributed by atoms with Crippen molar-refractivity contribution in [3.63, 3.8) is 0 Å². The molecule has 5 aromatic heterocycles. The van der Waals surface area contributed by atoms with Crippen molar-refractivity contribution in [2.75, 3.05) is 5.32 Å². The first-order chi connectivity index (χ1) is 17.5. The van der Waals surface area contributed by atoms with Crippen molar-refractivity contribution in [1.82, 2.24) is 19.3 Å². The van der Waals surface area contributed by atoms with Crippen molar-refractivity contribution in [3.05, 3.63) is 96.1 Å². The van der Waals surface area contributed by atoms with E-state index in [4.69, 9.17) is 16.0 Å². The minimum atomic E-state index is -0.925. The van der Waals surface area contributed by atoms with Gasteiger partial charge in [0.15, 0.2) is 12.2 Å². The molecule has 0 aliphatic heterocycles. The van der Waals surface area contributed by atoms with Crippen LogP contribution in [0.5, 0.6) is 0 Å². The van der Waals surface area contributed by atoms with Gasteiger partial charge in [-0.1, -0.05) is 11.6 Å². The molecule has 0 saturated heterocycles. The number of thiophene rings is 2. The first-order valence-corrected chi connectivity index (χ1v) is 12.4. The van der Waals surface area contributed by atoms with E-state index in [2.05, 4.69) is 15.4 Å². The van der Waals surface area contributed by atoms with Crippen molar-refractivity contribution >= 4 is 46.0 Å². The zero-order valence-corrected chi connectivity index (χ0v) is 20.5. The van der Waals surface area contributed by atoms with Crippen LogP contribution in [-0.2, 0) is 13.1 Å². The molecule has 9 nitrogen and oxygen atoms in total. The summed E-state index contributed by atoms with van der Waals surface area (Å²) in [6.07, 6.45) is 2.47. The lowest BCUT2D eigenvalue weighted by Gasteiger charge is -2.08. The number of nitrogens with one attached hydrogen (secondary N) is 1. The minimum absolute atomic E-state index is 0.0493. The maximum Gasteiger partial charge on any atom is 0.280 e. The molecule has 0 bridgehead atoms. The fourth-order valence-electron chi connectivity index (χ4n) is 3.51. The topological polar surface area (TPSA) is 119 Å². The van der Waals surface area contributed by atoms with Gasteiger partial charge in [0, 0.05) is 16.3 Å². The Balaban J connectivity index is 1.63. The molecule has 0 radical (unpaired) electrons. The second-order valence-corrected chi connectivity index (χ2v) is 9.99. The summed E-state index contributed by atoms with van der Waals surface area (Å²) in [5, 5.41) is 20.8. The molecule has 5 heterocycles. The van der Waals surface area contributed by atoms with Gasteiger partial charge in [0.2, 0.25) is 5.95 Å². The summed E-state index contributed by atoms with van der Waals surface area (Å²) in [7, 11) is 0. The predicted octanol–water partition coefficient (Wildman–Crippen LogP) is 4.84. The number of carbonyl (C=O) groups is 1. The Morgan fingerprint density at radius 1 is 1.28 bits per heavy atom. The minimum Gasteiger partial charge on any atom is -0.451 e. The molecule has 0 aromatic carbocycles. The van der Waals surface area contributed by atoms with Gasteiger partial charge < -0.3 is 9.73 Å². The van der Waals surface area contributed by atoms with E-state index in [-0.39, 0.29) is 35.7 Å². The number of pyridine rings is 1. The van der Waals surface area contributed by atoms with E-state index in [1.165, 1.54) is 47.5 Å². The van der Waals surface area contributed by atoms with Crippen LogP contribution in [0.15, 0.2) is 63.0 Å². The number of oxazole rings is 1. The average Bonchev–Trinajstić information content (AvgIpc) is 3.67. The molecule has 0 spiro atoms. The van der Waals surface area contributed by atoms with Crippen LogP contribution in [0.4, 0.5) is 10.2 Å². The number of carbonyl (C=O) groups excluding carboxylic acids is 1. The van der Waals surface area contributed by atoms with E-state index in [1.54, 1.807) is 22.9 Å². The van der Waals surface area contributed by atoms with Crippen molar-refractivity contribution in [2.24, 2.45) is 0 Å². The highest BCUT2D eigenvalue weighted by Gasteiger charge is 2.27. The van der Waals surface area contributed by atoms with Crippen LogP contribution >= 0.6 is 34.3 Å². The van der Waals surface area contributed by atoms with Gasteiger partial charge in [-0.25, -0.2) is 4.98 Å². The number of hydrogen-bond donors (Lipinski definition) is 1. The van der Waals surface area contributed by atoms with Gasteiger partial charge in [-0.3, -0.25) is 14.2 Å². The number of nitrogens with zero attached hydrogens (tertiary/aromatic N) is 5. The van der Waals surface area contributed by atoms with Gasteiger partial charge in [0.1, 0.15) is 23.6 Å². The van der Waals surface area contributed by atoms with Crippen LogP contribution in [0, 0.1) is 17.3 Å². The van der Waals surface area contributed by atoms with Crippen LogP contribution in [0.25, 0.3) is 11.3 Å². The van der Waals surface area contributed by atoms with Gasteiger partial charge in [-0.15, -0.1) is 11.3 Å². The summed E-state index contributed by atoms with van der Waals surface area (Å²) in [6, 6.07) is 9.61. The second-order valence-electron chi connectivity index (χ2n) is 7.41. The highest BCUT2D eigenvalue weighted by Crippen LogP contribution is 2.31. The smallest absolute Gasteiger partial charge is 0.280 e. The maximum atomic E-state index is 15.6. The molecule has 36 heavy (non-hydrogen) atoms.